The molecule has 1 amide bonds. The smallest absolute Gasteiger partial charge is 0.408 e. The fraction of sp³-hybridized carbons (Fsp3) is 0.571. The molecule has 0 aliphatic carbocycles. The van der Waals surface area contributed by atoms with Crippen molar-refractivity contribution >= 4 is 17.8 Å². The van der Waals surface area contributed by atoms with E-state index in [1.807, 2.05) is 0 Å². The third-order valence-electron chi connectivity index (χ3n) is 2.01. The van der Waals surface area contributed by atoms with Crippen LogP contribution in [0, 0.1) is 0 Å². The summed E-state index contributed by atoms with van der Waals surface area (Å²) in [6.45, 7) is 1.51. The number of nitrogens with zero attached hydrogens (tertiary/aromatic N) is 1. The zero-order chi connectivity index (χ0) is 10.2. The number of rotatable bonds is 1. The second kappa shape index (κ2) is 3.04. The molecule has 1 saturated heterocycles. The Morgan fingerprint density at radius 2 is 2.00 bits per heavy atom. The molecule has 2 unspecified atom stereocenters. The highest BCUT2D eigenvalue weighted by molar-refractivity contribution is 6.06. The molecule has 0 spiro atoms. The fourth-order valence-electron chi connectivity index (χ4n) is 1.47. The lowest BCUT2D eigenvalue weighted by Gasteiger charge is -2.20. The lowest BCUT2D eigenvalue weighted by atomic mass is 10.2. The molecule has 0 aromatic carbocycles. The van der Waals surface area contributed by atoms with Gasteiger partial charge in [0.15, 0.2) is 11.8 Å². The van der Waals surface area contributed by atoms with Crippen LogP contribution in [0.3, 0.4) is 0 Å². The molecule has 0 aromatic rings. The first-order valence-electron chi connectivity index (χ1n) is 3.72. The number of hydrogen-bond donors (Lipinski definition) is 2. The van der Waals surface area contributed by atoms with Crippen LogP contribution in [0.4, 0.5) is 4.79 Å². The van der Waals surface area contributed by atoms with Gasteiger partial charge in [0.1, 0.15) is 0 Å². The van der Waals surface area contributed by atoms with Gasteiger partial charge in [-0.3, -0.25) is 9.69 Å². The quantitative estimate of drug-likeness (QED) is 0.553. The number of aliphatic carboxylic acids is 1. The average Bonchev–Trinajstić information content (AvgIpc) is 2.24. The van der Waals surface area contributed by atoms with E-state index in [0.29, 0.717) is 4.90 Å². The molecule has 1 aliphatic heterocycles. The molecule has 72 valence electrons. The Kier molecular flexibility index (Phi) is 2.22. The number of amides is 1. The highest BCUT2D eigenvalue weighted by atomic mass is 16.4. The van der Waals surface area contributed by atoms with Gasteiger partial charge < -0.3 is 10.2 Å². The van der Waals surface area contributed by atoms with Crippen LogP contribution in [0.25, 0.3) is 0 Å². The second-order valence-electron chi connectivity index (χ2n) is 2.95. The summed E-state index contributed by atoms with van der Waals surface area (Å²) < 4.78 is 0. The molecular formula is C7H9NO5. The van der Waals surface area contributed by atoms with Crippen LogP contribution >= 0.6 is 0 Å². The zero-order valence-electron chi connectivity index (χ0n) is 6.93. The molecule has 0 saturated carbocycles. The van der Waals surface area contributed by atoms with E-state index < -0.39 is 29.9 Å². The number of carbonyl (C=O) groups excluding carboxylic acids is 1. The molecule has 0 aromatic heterocycles. The summed E-state index contributed by atoms with van der Waals surface area (Å²) in [7, 11) is 0. The standard InChI is InChI=1S/C7H9NO5/c1-3-2-4(9)5(6(10)11)8(3)7(12)13/h3,5H,2H2,1H3,(H,10,11)(H,12,13). The van der Waals surface area contributed by atoms with Crippen molar-refractivity contribution in [2.24, 2.45) is 0 Å². The van der Waals surface area contributed by atoms with E-state index in [0.717, 1.165) is 0 Å². The molecular weight excluding hydrogens is 178 g/mol. The van der Waals surface area contributed by atoms with Gasteiger partial charge in [-0.25, -0.2) is 9.59 Å². The summed E-state index contributed by atoms with van der Waals surface area (Å²) in [5.41, 5.74) is 0. The van der Waals surface area contributed by atoms with E-state index in [1.54, 1.807) is 0 Å². The fourth-order valence-corrected chi connectivity index (χ4v) is 1.47. The van der Waals surface area contributed by atoms with Crippen molar-refractivity contribution in [3.8, 4) is 0 Å². The molecule has 1 aliphatic rings. The van der Waals surface area contributed by atoms with Gasteiger partial charge in [-0.2, -0.15) is 0 Å². The van der Waals surface area contributed by atoms with Crippen LogP contribution in [0.2, 0.25) is 0 Å². The summed E-state index contributed by atoms with van der Waals surface area (Å²) in [5.74, 6) is -1.96. The summed E-state index contributed by atoms with van der Waals surface area (Å²) >= 11 is 0. The Morgan fingerprint density at radius 3 is 2.31 bits per heavy atom. The van der Waals surface area contributed by atoms with E-state index >= 15 is 0 Å². The molecule has 2 atom stereocenters. The van der Waals surface area contributed by atoms with E-state index in [9.17, 15) is 14.4 Å². The minimum Gasteiger partial charge on any atom is -0.479 e. The Hall–Kier alpha value is -1.59. The predicted octanol–water partition coefficient (Wildman–Crippen LogP) is -0.219. The van der Waals surface area contributed by atoms with Gasteiger partial charge in [0.25, 0.3) is 0 Å². The summed E-state index contributed by atoms with van der Waals surface area (Å²) in [4.78, 5) is 32.9. The molecule has 6 heteroatoms. The van der Waals surface area contributed by atoms with Gasteiger partial charge in [0, 0.05) is 12.5 Å². The van der Waals surface area contributed by atoms with Crippen molar-refractivity contribution in [1.29, 1.82) is 0 Å². The maximum Gasteiger partial charge on any atom is 0.408 e. The number of carboxylic acid groups (broad SMARTS) is 2. The normalized spacial score (nSPS) is 27.8. The minimum atomic E-state index is -1.52. The van der Waals surface area contributed by atoms with Crippen LogP contribution in [0.5, 0.6) is 0 Å². The Balaban J connectivity index is 2.96. The van der Waals surface area contributed by atoms with E-state index in [4.69, 9.17) is 10.2 Å². The van der Waals surface area contributed by atoms with Crippen molar-refractivity contribution in [3.63, 3.8) is 0 Å². The summed E-state index contributed by atoms with van der Waals surface area (Å²) in [5, 5.41) is 17.2. The molecule has 0 radical (unpaired) electrons. The first-order chi connectivity index (χ1) is 5.95. The van der Waals surface area contributed by atoms with Gasteiger partial charge in [0.05, 0.1) is 0 Å². The molecule has 2 N–H and O–H groups in total. The number of Topliss-reactive ketones (excluding diaryl/α,β-unsaturated/α-hetero) is 1. The van der Waals surface area contributed by atoms with Gasteiger partial charge in [0.2, 0.25) is 0 Å². The van der Waals surface area contributed by atoms with E-state index in [1.165, 1.54) is 6.92 Å². The van der Waals surface area contributed by atoms with Crippen LogP contribution in [0.15, 0.2) is 0 Å². The molecule has 6 nitrogen and oxygen atoms in total. The molecule has 1 heterocycles. The van der Waals surface area contributed by atoms with E-state index in [-0.39, 0.29) is 6.42 Å². The van der Waals surface area contributed by atoms with Crippen molar-refractivity contribution < 1.29 is 24.6 Å². The average molecular weight is 187 g/mol. The van der Waals surface area contributed by atoms with Crippen molar-refractivity contribution in [3.05, 3.63) is 0 Å². The van der Waals surface area contributed by atoms with E-state index in [2.05, 4.69) is 0 Å². The molecule has 1 fully saturated rings. The Labute approximate surface area is 73.8 Å². The molecule has 1 rings (SSSR count). The maximum atomic E-state index is 11.1. The van der Waals surface area contributed by atoms with Gasteiger partial charge >= 0.3 is 12.1 Å². The number of carboxylic acids is 1. The molecule has 0 bridgehead atoms. The summed E-state index contributed by atoms with van der Waals surface area (Å²) in [6, 6.07) is -2.07. The lowest BCUT2D eigenvalue weighted by Crippen LogP contribution is -2.45. The largest absolute Gasteiger partial charge is 0.479 e. The monoisotopic (exact) mass is 187 g/mol. The van der Waals surface area contributed by atoms with Gasteiger partial charge in [-0.1, -0.05) is 0 Å². The first-order valence-corrected chi connectivity index (χ1v) is 3.72. The van der Waals surface area contributed by atoms with Crippen molar-refractivity contribution in [1.82, 2.24) is 4.90 Å². The SMILES string of the molecule is CC1CC(=O)C(C(=O)O)N1C(=O)O. The minimum absolute atomic E-state index is 0.0245. The summed E-state index contributed by atoms with van der Waals surface area (Å²) in [6.07, 6.45) is -1.39. The first kappa shape index (κ1) is 9.50. The third kappa shape index (κ3) is 1.47. The number of carbonyl (C=O) groups is 3. The third-order valence-corrected chi connectivity index (χ3v) is 2.01. The molecule has 13 heavy (non-hydrogen) atoms. The van der Waals surface area contributed by atoms with Crippen molar-refractivity contribution in [2.45, 2.75) is 25.4 Å². The highest BCUT2D eigenvalue weighted by Crippen LogP contribution is 2.20. The zero-order valence-corrected chi connectivity index (χ0v) is 6.93. The van der Waals surface area contributed by atoms with Crippen LogP contribution in [-0.2, 0) is 9.59 Å². The maximum absolute atomic E-state index is 11.1. The Bertz CT molecular complexity index is 274. The Morgan fingerprint density at radius 1 is 1.46 bits per heavy atom. The van der Waals surface area contributed by atoms with Crippen LogP contribution in [0.1, 0.15) is 13.3 Å². The van der Waals surface area contributed by atoms with Gasteiger partial charge in [-0.05, 0) is 6.92 Å². The van der Waals surface area contributed by atoms with Crippen LogP contribution in [-0.4, -0.2) is 45.0 Å². The lowest BCUT2D eigenvalue weighted by molar-refractivity contribution is -0.145. The second-order valence-corrected chi connectivity index (χ2v) is 2.95. The number of ketones is 1. The number of likely N-dealkylation sites (tertiary alicyclic amines) is 1. The topological polar surface area (TPSA) is 94.9 Å². The highest BCUT2D eigenvalue weighted by Gasteiger charge is 2.45. The van der Waals surface area contributed by atoms with Gasteiger partial charge in [-0.15, -0.1) is 0 Å². The van der Waals surface area contributed by atoms with Crippen LogP contribution < -0.4 is 0 Å². The van der Waals surface area contributed by atoms with Crippen molar-refractivity contribution in [2.75, 3.05) is 0 Å². The predicted molar refractivity (Wildman–Crippen MR) is 40.4 cm³/mol. The number of hydrogen-bond acceptors (Lipinski definition) is 3.